The molecule has 2 aliphatic heterocycles. The van der Waals surface area contributed by atoms with E-state index in [4.69, 9.17) is 28.4 Å². The molecule has 4 rings (SSSR count). The summed E-state index contributed by atoms with van der Waals surface area (Å²) in [6.45, 7) is 18.8. The van der Waals surface area contributed by atoms with Crippen molar-refractivity contribution in [2.45, 2.75) is 103 Å². The van der Waals surface area contributed by atoms with Crippen molar-refractivity contribution in [2.75, 3.05) is 26.4 Å². The highest BCUT2D eigenvalue weighted by Gasteiger charge is 2.35. The molecule has 2 unspecified atom stereocenters. The maximum absolute atomic E-state index is 15.5. The maximum atomic E-state index is 15.5. The molecule has 222 valence electrons. The lowest BCUT2D eigenvalue weighted by atomic mass is 9.78. The second-order valence-electron chi connectivity index (χ2n) is 13.4. The van der Waals surface area contributed by atoms with Crippen molar-refractivity contribution < 1.29 is 37.2 Å². The van der Waals surface area contributed by atoms with Crippen LogP contribution in [0.15, 0.2) is 30.3 Å². The van der Waals surface area contributed by atoms with Gasteiger partial charge in [0.15, 0.2) is 11.6 Å². The molecule has 0 amide bonds. The minimum atomic E-state index is -0.660. The number of benzene rings is 2. The highest BCUT2D eigenvalue weighted by atomic mass is 19.1. The molecule has 2 heterocycles. The third-order valence-electron chi connectivity index (χ3n) is 7.24. The predicted octanol–water partition coefficient (Wildman–Crippen LogP) is 6.84. The van der Waals surface area contributed by atoms with Crippen molar-refractivity contribution >= 4 is 0 Å². The van der Waals surface area contributed by atoms with E-state index >= 15 is 4.39 Å². The Kier molecular flexibility index (Phi) is 8.59. The number of rotatable bonds is 9. The van der Waals surface area contributed by atoms with Crippen LogP contribution in [0.1, 0.15) is 79.0 Å². The first-order chi connectivity index (χ1) is 18.4. The zero-order valence-electron chi connectivity index (χ0n) is 25.3. The highest BCUT2D eigenvalue weighted by Crippen LogP contribution is 2.38. The van der Waals surface area contributed by atoms with Gasteiger partial charge in [0.2, 0.25) is 0 Å². The summed E-state index contributed by atoms with van der Waals surface area (Å²) in [4.78, 5) is 0. The summed E-state index contributed by atoms with van der Waals surface area (Å²) < 4.78 is 65.2. The molecule has 2 aromatic rings. The SMILES string of the molecule is CC1(C)OCC(COc2cc(F)cc(C(C)(C)Cc3cc(OCC4COC(C)(C)O4)c(C(C)(C)C)cc3F)c2)O1. The Morgan fingerprint density at radius 3 is 1.90 bits per heavy atom. The van der Waals surface area contributed by atoms with Crippen LogP contribution >= 0.6 is 0 Å². The van der Waals surface area contributed by atoms with Gasteiger partial charge in [0.25, 0.3) is 0 Å². The van der Waals surface area contributed by atoms with E-state index in [9.17, 15) is 4.39 Å². The molecule has 2 aromatic carbocycles. The first kappa shape index (κ1) is 30.7. The fourth-order valence-corrected chi connectivity index (χ4v) is 5.11. The Balaban J connectivity index is 1.53. The Morgan fingerprint density at radius 2 is 1.38 bits per heavy atom. The van der Waals surface area contributed by atoms with Gasteiger partial charge in [-0.15, -0.1) is 0 Å². The molecule has 0 N–H and O–H groups in total. The maximum Gasteiger partial charge on any atom is 0.163 e. The third kappa shape index (κ3) is 7.72. The van der Waals surface area contributed by atoms with E-state index in [2.05, 4.69) is 0 Å². The average molecular weight is 563 g/mol. The summed E-state index contributed by atoms with van der Waals surface area (Å²) >= 11 is 0. The van der Waals surface area contributed by atoms with E-state index in [0.717, 1.165) is 5.56 Å². The van der Waals surface area contributed by atoms with Crippen LogP contribution in [-0.2, 0) is 36.2 Å². The van der Waals surface area contributed by atoms with Crippen molar-refractivity contribution in [3.8, 4) is 11.5 Å². The van der Waals surface area contributed by atoms with Gasteiger partial charge in [0.05, 0.1) is 13.2 Å². The van der Waals surface area contributed by atoms with Crippen molar-refractivity contribution in [3.05, 3.63) is 58.7 Å². The summed E-state index contributed by atoms with van der Waals surface area (Å²) in [6, 6.07) is 7.96. The zero-order valence-corrected chi connectivity index (χ0v) is 25.3. The molecule has 8 heteroatoms. The molecule has 0 spiro atoms. The molecule has 2 atom stereocenters. The van der Waals surface area contributed by atoms with Crippen LogP contribution in [0.5, 0.6) is 11.5 Å². The fraction of sp³-hybridized carbons (Fsp3) is 0.625. The smallest absolute Gasteiger partial charge is 0.163 e. The van der Waals surface area contributed by atoms with Gasteiger partial charge in [-0.1, -0.05) is 34.6 Å². The minimum Gasteiger partial charge on any atom is -0.491 e. The molecule has 0 aliphatic carbocycles. The van der Waals surface area contributed by atoms with Crippen molar-refractivity contribution in [2.24, 2.45) is 0 Å². The second-order valence-corrected chi connectivity index (χ2v) is 13.4. The largest absolute Gasteiger partial charge is 0.491 e. The molecular formula is C32H44F2O6. The summed E-state index contributed by atoms with van der Waals surface area (Å²) in [6.07, 6.45) is -0.131. The lowest BCUT2D eigenvalue weighted by Gasteiger charge is -2.29. The van der Waals surface area contributed by atoms with Crippen LogP contribution in [0.25, 0.3) is 0 Å². The Hall–Kier alpha value is -2.26. The van der Waals surface area contributed by atoms with Crippen LogP contribution in [-0.4, -0.2) is 50.2 Å². The molecule has 0 radical (unpaired) electrons. The molecular weight excluding hydrogens is 518 g/mol. The van der Waals surface area contributed by atoms with Crippen LogP contribution < -0.4 is 9.47 Å². The topological polar surface area (TPSA) is 55.4 Å². The van der Waals surface area contributed by atoms with E-state index < -0.39 is 22.8 Å². The number of hydrogen-bond donors (Lipinski definition) is 0. The Labute approximate surface area is 237 Å². The van der Waals surface area contributed by atoms with Gasteiger partial charge >= 0.3 is 0 Å². The predicted molar refractivity (Wildman–Crippen MR) is 149 cm³/mol. The molecule has 2 aliphatic rings. The normalized spacial score (nSPS) is 22.5. The second kappa shape index (κ2) is 11.2. The molecule has 2 saturated heterocycles. The van der Waals surface area contributed by atoms with Gasteiger partial charge in [-0.2, -0.15) is 0 Å². The first-order valence-corrected chi connectivity index (χ1v) is 14.0. The highest BCUT2D eigenvalue weighted by molar-refractivity contribution is 5.44. The van der Waals surface area contributed by atoms with Gasteiger partial charge < -0.3 is 28.4 Å². The van der Waals surface area contributed by atoms with E-state index in [1.54, 1.807) is 12.1 Å². The van der Waals surface area contributed by atoms with Gasteiger partial charge in [0, 0.05) is 11.6 Å². The van der Waals surface area contributed by atoms with Gasteiger partial charge in [-0.05, 0) is 80.3 Å². The molecule has 0 saturated carbocycles. The molecule has 2 fully saturated rings. The van der Waals surface area contributed by atoms with Crippen LogP contribution in [0.4, 0.5) is 8.78 Å². The van der Waals surface area contributed by atoms with Crippen molar-refractivity contribution in [1.82, 2.24) is 0 Å². The van der Waals surface area contributed by atoms with E-state index in [1.807, 2.05) is 68.4 Å². The summed E-state index contributed by atoms with van der Waals surface area (Å²) in [7, 11) is 0. The Bertz CT molecular complexity index is 1200. The van der Waals surface area contributed by atoms with Gasteiger partial charge in [-0.3, -0.25) is 0 Å². The van der Waals surface area contributed by atoms with Gasteiger partial charge in [0.1, 0.15) is 48.6 Å². The van der Waals surface area contributed by atoms with E-state index in [0.29, 0.717) is 48.9 Å². The summed E-state index contributed by atoms with van der Waals surface area (Å²) in [5, 5.41) is 0. The van der Waals surface area contributed by atoms with Crippen molar-refractivity contribution in [3.63, 3.8) is 0 Å². The van der Waals surface area contributed by atoms with Crippen LogP contribution in [0.3, 0.4) is 0 Å². The van der Waals surface area contributed by atoms with Crippen molar-refractivity contribution in [1.29, 1.82) is 0 Å². The van der Waals surface area contributed by atoms with Crippen LogP contribution in [0.2, 0.25) is 0 Å². The van der Waals surface area contributed by atoms with E-state index in [1.165, 1.54) is 12.1 Å². The fourth-order valence-electron chi connectivity index (χ4n) is 5.11. The van der Waals surface area contributed by atoms with E-state index in [-0.39, 0.29) is 30.0 Å². The molecule has 6 nitrogen and oxygen atoms in total. The average Bonchev–Trinajstić information content (AvgIpc) is 3.36. The molecule has 40 heavy (non-hydrogen) atoms. The first-order valence-electron chi connectivity index (χ1n) is 14.0. The molecule has 0 bridgehead atoms. The minimum absolute atomic E-state index is 0.217. The van der Waals surface area contributed by atoms with Gasteiger partial charge in [-0.25, -0.2) is 8.78 Å². The monoisotopic (exact) mass is 562 g/mol. The standard InChI is InChI=1S/C32H44F2O6/c1-29(2,3)26-14-27(34)20(10-28(26)36-17-25-19-38-32(8,9)40-25)15-30(4,5)21-11-22(33)13-23(12-21)35-16-24-18-37-31(6,7)39-24/h10-14,24-25H,15-19H2,1-9H3. The summed E-state index contributed by atoms with van der Waals surface area (Å²) in [5.41, 5.74) is 1.01. The number of hydrogen-bond acceptors (Lipinski definition) is 6. The number of halogens is 2. The third-order valence-corrected chi connectivity index (χ3v) is 7.24. The quantitative estimate of drug-likeness (QED) is 0.334. The zero-order chi connectivity index (χ0) is 29.5. The van der Waals surface area contributed by atoms with Crippen LogP contribution in [0, 0.1) is 11.6 Å². The number of ether oxygens (including phenoxy) is 6. The lowest BCUT2D eigenvalue weighted by Crippen LogP contribution is -2.26. The lowest BCUT2D eigenvalue weighted by molar-refractivity contribution is -0.141. The summed E-state index contributed by atoms with van der Waals surface area (Å²) in [5.74, 6) is -1.04. The molecule has 0 aromatic heterocycles. The Morgan fingerprint density at radius 1 is 0.800 bits per heavy atom.